The summed E-state index contributed by atoms with van der Waals surface area (Å²) in [5, 5.41) is 9.29. The Bertz CT molecular complexity index is 724. The van der Waals surface area contributed by atoms with Gasteiger partial charge in [0, 0.05) is 29.5 Å². The normalized spacial score (nSPS) is 23.6. The SMILES string of the molecule is CC(C)C(C=CC=CC(=O)N1CC(N)CC1C(=O)O)SC(=O)C1=CC=CCC1. The van der Waals surface area contributed by atoms with Gasteiger partial charge >= 0.3 is 5.97 Å². The number of hydrogen-bond donors (Lipinski definition) is 2. The van der Waals surface area contributed by atoms with E-state index in [1.165, 1.54) is 22.7 Å². The fraction of sp³-hybridized carbons (Fsp3) is 0.476. The fourth-order valence-electron chi connectivity index (χ4n) is 3.12. The van der Waals surface area contributed by atoms with Crippen molar-refractivity contribution < 1.29 is 19.5 Å². The highest BCUT2D eigenvalue weighted by Crippen LogP contribution is 2.27. The van der Waals surface area contributed by atoms with Gasteiger partial charge in [0.25, 0.3) is 0 Å². The monoisotopic (exact) mass is 404 g/mol. The smallest absolute Gasteiger partial charge is 0.326 e. The van der Waals surface area contributed by atoms with Gasteiger partial charge in [-0.15, -0.1) is 0 Å². The molecule has 1 amide bonds. The van der Waals surface area contributed by atoms with Crippen LogP contribution in [-0.2, 0) is 14.4 Å². The van der Waals surface area contributed by atoms with Crippen LogP contribution in [0.5, 0.6) is 0 Å². The van der Waals surface area contributed by atoms with Gasteiger partial charge in [0.2, 0.25) is 11.0 Å². The van der Waals surface area contributed by atoms with Gasteiger partial charge in [-0.1, -0.05) is 62.1 Å². The number of carbonyl (C=O) groups is 3. The van der Waals surface area contributed by atoms with Crippen LogP contribution in [-0.4, -0.2) is 50.9 Å². The Kier molecular flexibility index (Phi) is 8.26. The summed E-state index contributed by atoms with van der Waals surface area (Å²) in [6.45, 7) is 4.33. The quantitative estimate of drug-likeness (QED) is 0.500. The third kappa shape index (κ3) is 6.21. The molecule has 0 radical (unpaired) electrons. The third-order valence-corrected chi connectivity index (χ3v) is 6.18. The molecule has 1 aliphatic carbocycles. The van der Waals surface area contributed by atoms with Crippen molar-refractivity contribution in [2.45, 2.75) is 50.4 Å². The Labute approximate surface area is 170 Å². The number of likely N-dealkylation sites (tertiary alicyclic amines) is 1. The number of aliphatic carboxylic acids is 1. The molecule has 6 nitrogen and oxygen atoms in total. The molecule has 28 heavy (non-hydrogen) atoms. The second-order valence-corrected chi connectivity index (χ2v) is 8.51. The van der Waals surface area contributed by atoms with Gasteiger partial charge in [0.05, 0.1) is 0 Å². The highest BCUT2D eigenvalue weighted by Gasteiger charge is 2.37. The van der Waals surface area contributed by atoms with Crippen LogP contribution in [0, 0.1) is 5.92 Å². The first-order valence-corrected chi connectivity index (χ1v) is 10.4. The molecule has 2 aliphatic rings. The number of carbonyl (C=O) groups excluding carboxylic acids is 2. The van der Waals surface area contributed by atoms with E-state index in [1.54, 1.807) is 12.2 Å². The molecule has 3 N–H and O–H groups in total. The van der Waals surface area contributed by atoms with Crippen LogP contribution in [0.1, 0.15) is 33.1 Å². The molecule has 0 aromatic rings. The molecular formula is C21H28N2O4S. The third-order valence-electron chi connectivity index (χ3n) is 4.73. The molecule has 0 bridgehead atoms. The van der Waals surface area contributed by atoms with Crippen LogP contribution in [0.2, 0.25) is 0 Å². The number of nitrogens with two attached hydrogens (primary N) is 1. The van der Waals surface area contributed by atoms with Crippen molar-refractivity contribution in [2.24, 2.45) is 11.7 Å². The van der Waals surface area contributed by atoms with Crippen LogP contribution in [0.3, 0.4) is 0 Å². The molecular weight excluding hydrogens is 376 g/mol. The predicted octanol–water partition coefficient (Wildman–Crippen LogP) is 2.67. The zero-order valence-electron chi connectivity index (χ0n) is 16.3. The van der Waals surface area contributed by atoms with E-state index in [2.05, 4.69) is 0 Å². The maximum absolute atomic E-state index is 12.4. The second-order valence-electron chi connectivity index (χ2n) is 7.36. The largest absolute Gasteiger partial charge is 0.480 e. The summed E-state index contributed by atoms with van der Waals surface area (Å²) in [5.74, 6) is -1.15. The molecule has 1 heterocycles. The standard InChI is InChI=1S/C21H28N2O4S/c1-14(2)18(28-21(27)15-8-4-3-5-9-15)10-6-7-11-19(24)23-13-16(22)12-17(23)20(25)26/h3-4,6-8,10-11,14,16-18H,5,9,12-13,22H2,1-2H3,(H,25,26). The van der Waals surface area contributed by atoms with Crippen molar-refractivity contribution in [2.75, 3.05) is 6.54 Å². The summed E-state index contributed by atoms with van der Waals surface area (Å²) in [6.07, 6.45) is 14.4. The minimum Gasteiger partial charge on any atom is -0.480 e. The Morgan fingerprint density at radius 1 is 1.32 bits per heavy atom. The van der Waals surface area contributed by atoms with Gasteiger partial charge in [-0.2, -0.15) is 0 Å². The Morgan fingerprint density at radius 2 is 2.07 bits per heavy atom. The molecule has 1 fully saturated rings. The van der Waals surface area contributed by atoms with E-state index < -0.39 is 12.0 Å². The van der Waals surface area contributed by atoms with Crippen molar-refractivity contribution in [1.82, 2.24) is 4.90 Å². The Balaban J connectivity index is 1.94. The van der Waals surface area contributed by atoms with Crippen molar-refractivity contribution in [3.05, 3.63) is 48.1 Å². The van der Waals surface area contributed by atoms with E-state index in [0.717, 1.165) is 18.4 Å². The van der Waals surface area contributed by atoms with E-state index in [4.69, 9.17) is 5.73 Å². The highest BCUT2D eigenvalue weighted by molar-refractivity contribution is 8.14. The van der Waals surface area contributed by atoms with Crippen LogP contribution in [0.25, 0.3) is 0 Å². The maximum atomic E-state index is 12.4. The lowest BCUT2D eigenvalue weighted by Gasteiger charge is -2.19. The van der Waals surface area contributed by atoms with Gasteiger partial charge in [0.15, 0.2) is 0 Å². The van der Waals surface area contributed by atoms with Gasteiger partial charge < -0.3 is 15.7 Å². The first kappa shape index (κ1) is 22.2. The first-order valence-electron chi connectivity index (χ1n) is 9.50. The molecule has 0 spiro atoms. The van der Waals surface area contributed by atoms with Crippen molar-refractivity contribution >= 4 is 28.8 Å². The Hall–Kier alpha value is -2.12. The average molecular weight is 405 g/mol. The van der Waals surface area contributed by atoms with Gasteiger partial charge in [-0.25, -0.2) is 4.79 Å². The van der Waals surface area contributed by atoms with Crippen molar-refractivity contribution in [1.29, 1.82) is 0 Å². The lowest BCUT2D eigenvalue weighted by atomic mass is 10.1. The number of thioether (sulfide) groups is 1. The van der Waals surface area contributed by atoms with Crippen LogP contribution in [0.15, 0.2) is 48.1 Å². The van der Waals surface area contributed by atoms with E-state index in [9.17, 15) is 19.5 Å². The summed E-state index contributed by atoms with van der Waals surface area (Å²) in [5.41, 5.74) is 6.62. The van der Waals surface area contributed by atoms with Crippen LogP contribution >= 0.6 is 11.8 Å². The molecule has 1 saturated heterocycles. The van der Waals surface area contributed by atoms with E-state index in [0.29, 0.717) is 0 Å². The first-order chi connectivity index (χ1) is 13.3. The summed E-state index contributed by atoms with van der Waals surface area (Å²) in [4.78, 5) is 37.3. The highest BCUT2D eigenvalue weighted by atomic mass is 32.2. The lowest BCUT2D eigenvalue weighted by molar-refractivity contribution is -0.146. The summed E-state index contributed by atoms with van der Waals surface area (Å²) in [6, 6.07) is -1.18. The molecule has 7 heteroatoms. The summed E-state index contributed by atoms with van der Waals surface area (Å²) in [7, 11) is 0. The number of nitrogens with zero attached hydrogens (tertiary/aromatic N) is 1. The molecule has 0 aromatic heterocycles. The van der Waals surface area contributed by atoms with Gasteiger partial charge in [-0.3, -0.25) is 9.59 Å². The molecule has 1 aliphatic heterocycles. The van der Waals surface area contributed by atoms with Gasteiger partial charge in [0.1, 0.15) is 6.04 Å². The minimum absolute atomic E-state index is 0.00830. The zero-order valence-corrected chi connectivity index (χ0v) is 17.1. The number of carboxylic acids is 1. The molecule has 3 unspecified atom stereocenters. The average Bonchev–Trinajstić information content (AvgIpc) is 3.06. The lowest BCUT2D eigenvalue weighted by Crippen LogP contribution is -2.39. The van der Waals surface area contributed by atoms with Crippen LogP contribution < -0.4 is 5.73 Å². The van der Waals surface area contributed by atoms with Crippen LogP contribution in [0.4, 0.5) is 0 Å². The number of rotatable bonds is 7. The minimum atomic E-state index is -1.04. The zero-order chi connectivity index (χ0) is 20.7. The van der Waals surface area contributed by atoms with E-state index >= 15 is 0 Å². The Morgan fingerprint density at radius 3 is 2.68 bits per heavy atom. The maximum Gasteiger partial charge on any atom is 0.326 e. The predicted molar refractivity (Wildman–Crippen MR) is 112 cm³/mol. The molecule has 0 aromatic carbocycles. The number of hydrogen-bond acceptors (Lipinski definition) is 5. The van der Waals surface area contributed by atoms with E-state index in [-0.39, 0.29) is 41.2 Å². The number of amides is 1. The van der Waals surface area contributed by atoms with Gasteiger partial charge in [-0.05, 0) is 25.2 Å². The topological polar surface area (TPSA) is 101 Å². The summed E-state index contributed by atoms with van der Waals surface area (Å²) < 4.78 is 0. The fourth-order valence-corrected chi connectivity index (χ4v) is 4.13. The second kappa shape index (κ2) is 10.4. The molecule has 2 rings (SSSR count). The molecule has 3 atom stereocenters. The molecule has 152 valence electrons. The number of allylic oxidation sites excluding steroid dienone is 5. The molecule has 0 saturated carbocycles. The van der Waals surface area contributed by atoms with Crippen molar-refractivity contribution in [3.63, 3.8) is 0 Å². The van der Waals surface area contributed by atoms with E-state index in [1.807, 2.05) is 38.2 Å². The summed E-state index contributed by atoms with van der Waals surface area (Å²) >= 11 is 1.30. The number of carboxylic acid groups (broad SMARTS) is 1. The van der Waals surface area contributed by atoms with Crippen molar-refractivity contribution in [3.8, 4) is 0 Å².